The molecule has 0 aromatic carbocycles. The third-order valence-corrected chi connectivity index (χ3v) is 3.71. The number of aromatic nitrogens is 1. The summed E-state index contributed by atoms with van der Waals surface area (Å²) in [5.41, 5.74) is 5.06. The first-order valence-corrected chi connectivity index (χ1v) is 5.58. The lowest BCUT2D eigenvalue weighted by atomic mass is 9.95. The van der Waals surface area contributed by atoms with Crippen LogP contribution in [0, 0.1) is 0 Å². The summed E-state index contributed by atoms with van der Waals surface area (Å²) in [6.07, 6.45) is 1.93. The summed E-state index contributed by atoms with van der Waals surface area (Å²) in [7, 11) is 7.19. The third kappa shape index (κ3) is 1.71. The highest BCUT2D eigenvalue weighted by Gasteiger charge is 2.37. The number of thiazole rings is 1. The molecule has 16 heavy (non-hydrogen) atoms. The average Bonchev–Trinajstić information content (AvgIpc) is 2.62. The van der Waals surface area contributed by atoms with Crippen molar-refractivity contribution in [1.82, 2.24) is 9.88 Å². The Hall–Kier alpha value is -1.37. The zero-order valence-electron chi connectivity index (χ0n) is 9.10. The van der Waals surface area contributed by atoms with Crippen LogP contribution in [-0.2, 0) is 10.3 Å². The number of guanidine groups is 1. The molecule has 1 aliphatic heterocycles. The monoisotopic (exact) mass is 234 g/mol. The molecule has 2 rings (SSSR count). The van der Waals surface area contributed by atoms with Gasteiger partial charge >= 0.3 is 0 Å². The fourth-order valence-corrected chi connectivity index (χ4v) is 2.36. The van der Waals surface area contributed by atoms with Crippen LogP contribution in [0.4, 0.5) is 0 Å². The van der Waals surface area contributed by atoms with Crippen molar-refractivity contribution in [3.05, 3.63) is 11.1 Å². The van der Waals surface area contributed by atoms with Crippen LogP contribution >= 0.6 is 11.3 Å². The van der Waals surface area contributed by atoms with Gasteiger partial charge in [0, 0.05) is 18.2 Å². The van der Waals surface area contributed by atoms with Gasteiger partial charge in [-0.05, 0) is 6.92 Å². The maximum Gasteiger partial charge on any atom is 0.231 e. The Balaban J connectivity index is 2.43. The lowest BCUT2D eigenvalue weighted by Crippen LogP contribution is -2.47. The second-order valence-electron chi connectivity index (χ2n) is 3.94. The normalized spacial score (nSPS) is 25.8. The van der Waals surface area contributed by atoms with Gasteiger partial charge in [0.2, 0.25) is 5.91 Å². The van der Waals surface area contributed by atoms with Crippen molar-refractivity contribution >= 4 is 36.0 Å². The summed E-state index contributed by atoms with van der Waals surface area (Å²) in [5, 5.41) is 0. The predicted octanol–water partition coefficient (Wildman–Crippen LogP) is -0.671. The minimum atomic E-state index is -0.636. The van der Waals surface area contributed by atoms with Crippen molar-refractivity contribution < 1.29 is 4.79 Å². The van der Waals surface area contributed by atoms with Gasteiger partial charge < -0.3 is 5.73 Å². The maximum absolute atomic E-state index is 11.7. The summed E-state index contributed by atoms with van der Waals surface area (Å²) >= 11 is 1.33. The fourth-order valence-electron chi connectivity index (χ4n) is 1.59. The van der Waals surface area contributed by atoms with Gasteiger partial charge in [-0.25, -0.2) is 4.99 Å². The number of carbonyl (C=O) groups is 1. The van der Waals surface area contributed by atoms with Crippen molar-refractivity contribution in [3.63, 3.8) is 0 Å². The van der Waals surface area contributed by atoms with E-state index in [4.69, 9.17) is 13.6 Å². The minimum Gasteiger partial charge on any atom is -0.369 e. The van der Waals surface area contributed by atoms with Gasteiger partial charge in [-0.1, -0.05) is 0 Å². The predicted molar refractivity (Wildman–Crippen MR) is 63.9 cm³/mol. The highest BCUT2D eigenvalue weighted by Crippen LogP contribution is 2.34. The van der Waals surface area contributed by atoms with Crippen molar-refractivity contribution in [1.29, 1.82) is 0 Å². The van der Waals surface area contributed by atoms with E-state index in [0.717, 1.165) is 4.88 Å². The van der Waals surface area contributed by atoms with Crippen LogP contribution in [0.3, 0.4) is 0 Å². The first kappa shape index (κ1) is 11.1. The van der Waals surface area contributed by atoms with Crippen molar-refractivity contribution in [2.75, 3.05) is 7.05 Å². The molecule has 2 N–H and O–H groups in total. The molecule has 0 aliphatic carbocycles. The Morgan fingerprint density at radius 2 is 2.38 bits per heavy atom. The van der Waals surface area contributed by atoms with Gasteiger partial charge in [0.25, 0.3) is 0 Å². The molecule has 2 heterocycles. The van der Waals surface area contributed by atoms with E-state index in [-0.39, 0.29) is 18.3 Å². The SMILES string of the molecule is [B]c1ncc([C@]2(C)CC(=O)N(C)C(N)=N2)s1. The summed E-state index contributed by atoms with van der Waals surface area (Å²) in [6, 6.07) is 0. The van der Waals surface area contributed by atoms with E-state index in [0.29, 0.717) is 4.91 Å². The third-order valence-electron chi connectivity index (χ3n) is 2.63. The van der Waals surface area contributed by atoms with Crippen LogP contribution < -0.4 is 10.6 Å². The molecule has 1 amide bonds. The molecular weight excluding hydrogens is 223 g/mol. The summed E-state index contributed by atoms with van der Waals surface area (Å²) < 4.78 is 0. The van der Waals surface area contributed by atoms with Gasteiger partial charge in [-0.15, -0.1) is 11.3 Å². The molecule has 0 saturated carbocycles. The number of aliphatic imine (C=N–C) groups is 1. The van der Waals surface area contributed by atoms with Crippen LogP contribution in [0.25, 0.3) is 0 Å². The molecule has 5 nitrogen and oxygen atoms in total. The molecule has 0 spiro atoms. The van der Waals surface area contributed by atoms with Crippen molar-refractivity contribution in [3.8, 4) is 0 Å². The molecule has 1 aromatic heterocycles. The smallest absolute Gasteiger partial charge is 0.231 e. The Bertz CT molecular complexity index is 472. The molecule has 0 bridgehead atoms. The first-order chi connectivity index (χ1) is 7.42. The maximum atomic E-state index is 11.7. The van der Waals surface area contributed by atoms with E-state index in [1.807, 2.05) is 6.92 Å². The van der Waals surface area contributed by atoms with Crippen LogP contribution in [0.1, 0.15) is 18.2 Å². The van der Waals surface area contributed by atoms with E-state index >= 15 is 0 Å². The molecular formula is C9H11BN4OS. The quantitative estimate of drug-likeness (QED) is 0.655. The Morgan fingerprint density at radius 3 is 2.88 bits per heavy atom. The van der Waals surface area contributed by atoms with Gasteiger partial charge in [0.05, 0.1) is 11.3 Å². The Labute approximate surface area is 98.8 Å². The molecule has 1 aliphatic rings. The minimum absolute atomic E-state index is 0.0537. The largest absolute Gasteiger partial charge is 0.369 e. The van der Waals surface area contributed by atoms with E-state index < -0.39 is 5.54 Å². The van der Waals surface area contributed by atoms with Crippen LogP contribution in [0.2, 0.25) is 0 Å². The Kier molecular flexibility index (Phi) is 2.50. The zero-order chi connectivity index (χ0) is 11.9. The number of rotatable bonds is 1. The summed E-state index contributed by atoms with van der Waals surface area (Å²) in [5.74, 6) is 0.174. The highest BCUT2D eigenvalue weighted by molar-refractivity contribution is 7.19. The molecule has 0 fully saturated rings. The van der Waals surface area contributed by atoms with Gasteiger partial charge in [-0.3, -0.25) is 14.7 Å². The Morgan fingerprint density at radius 1 is 1.69 bits per heavy atom. The lowest BCUT2D eigenvalue weighted by molar-refractivity contribution is -0.128. The summed E-state index contributed by atoms with van der Waals surface area (Å²) in [4.78, 5) is 22.7. The van der Waals surface area contributed by atoms with Gasteiger partial charge in [-0.2, -0.15) is 0 Å². The number of carbonyl (C=O) groups excluding carboxylic acids is 1. The highest BCUT2D eigenvalue weighted by atomic mass is 32.1. The molecule has 0 unspecified atom stereocenters. The van der Waals surface area contributed by atoms with Gasteiger partial charge in [0.1, 0.15) is 5.54 Å². The van der Waals surface area contributed by atoms with Gasteiger partial charge in [0.15, 0.2) is 13.8 Å². The molecule has 2 radical (unpaired) electrons. The topological polar surface area (TPSA) is 71.6 Å². The van der Waals surface area contributed by atoms with Crippen LogP contribution in [0.5, 0.6) is 0 Å². The standard InChI is InChI=1S/C9H11BN4OS/c1-9(5-4-12-7(10)16-5)3-6(15)14(2)8(11)13-9/h4H,3H2,1-2H3,(H2,11,13)/t9-/m0/s1. The van der Waals surface area contributed by atoms with Crippen LogP contribution in [0.15, 0.2) is 11.2 Å². The zero-order valence-corrected chi connectivity index (χ0v) is 9.91. The molecule has 1 aromatic rings. The fraction of sp³-hybridized carbons (Fsp3) is 0.444. The van der Waals surface area contributed by atoms with E-state index in [2.05, 4.69) is 9.98 Å². The molecule has 82 valence electrons. The van der Waals surface area contributed by atoms with E-state index in [1.54, 1.807) is 13.2 Å². The molecule has 1 atom stereocenters. The van der Waals surface area contributed by atoms with E-state index in [9.17, 15) is 4.79 Å². The average molecular weight is 234 g/mol. The number of hydrogen-bond acceptors (Lipinski definition) is 5. The second-order valence-corrected chi connectivity index (χ2v) is 5.00. The van der Waals surface area contributed by atoms with E-state index in [1.165, 1.54) is 16.2 Å². The first-order valence-electron chi connectivity index (χ1n) is 4.76. The number of hydrogen-bond donors (Lipinski definition) is 1. The summed E-state index contributed by atoms with van der Waals surface area (Å²) in [6.45, 7) is 1.86. The molecule has 7 heteroatoms. The van der Waals surface area contributed by atoms with Crippen molar-refractivity contribution in [2.45, 2.75) is 18.9 Å². The lowest BCUT2D eigenvalue weighted by Gasteiger charge is -2.32. The molecule has 0 saturated heterocycles. The second kappa shape index (κ2) is 3.59. The number of amides is 1. The van der Waals surface area contributed by atoms with Crippen molar-refractivity contribution in [2.24, 2.45) is 10.7 Å². The van der Waals surface area contributed by atoms with Crippen LogP contribution in [-0.4, -0.2) is 36.6 Å². The number of nitrogens with two attached hydrogens (primary N) is 1. The number of nitrogens with zero attached hydrogens (tertiary/aromatic N) is 3.